The Kier molecular flexibility index (Phi) is 2.10. The summed E-state index contributed by atoms with van der Waals surface area (Å²) < 4.78 is 0. The molecule has 1 unspecified atom stereocenters. The Morgan fingerprint density at radius 1 is 1.60 bits per heavy atom. The smallest absolute Gasteiger partial charge is 0.0147 e. The predicted octanol–water partition coefficient (Wildman–Crippen LogP) is 3.08. The molecule has 0 bridgehead atoms. The van der Waals surface area contributed by atoms with Gasteiger partial charge in [-0.2, -0.15) is 0 Å². The maximum atomic E-state index is 3.68. The van der Waals surface area contributed by atoms with Crippen molar-refractivity contribution in [3.8, 4) is 0 Å². The summed E-state index contributed by atoms with van der Waals surface area (Å²) in [6.07, 6.45) is 7.42. The molecule has 1 saturated carbocycles. The van der Waals surface area contributed by atoms with Gasteiger partial charge in [0, 0.05) is 0 Å². The molecule has 0 aromatic rings. The molecule has 0 aromatic heterocycles. The van der Waals surface area contributed by atoms with Gasteiger partial charge in [-0.1, -0.05) is 31.7 Å². The molecule has 0 amide bonds. The van der Waals surface area contributed by atoms with Crippen molar-refractivity contribution < 1.29 is 0 Å². The molecular weight excluding hydrogens is 120 g/mol. The number of allylic oxidation sites excluding steroid dienone is 5. The van der Waals surface area contributed by atoms with Crippen LogP contribution in [-0.2, 0) is 0 Å². The van der Waals surface area contributed by atoms with E-state index in [0.29, 0.717) is 0 Å². The highest BCUT2D eigenvalue weighted by molar-refractivity contribution is 5.43. The fourth-order valence-electron chi connectivity index (χ4n) is 1.43. The summed E-state index contributed by atoms with van der Waals surface area (Å²) in [5.41, 5.74) is 2.96. The highest BCUT2D eigenvalue weighted by Gasteiger charge is 2.23. The van der Waals surface area contributed by atoms with Crippen molar-refractivity contribution in [3.05, 3.63) is 36.0 Å². The summed E-state index contributed by atoms with van der Waals surface area (Å²) in [6.45, 7) is 8.03. The van der Waals surface area contributed by atoms with Crippen LogP contribution in [0.3, 0.4) is 0 Å². The van der Waals surface area contributed by atoms with Crippen LogP contribution in [0.2, 0.25) is 0 Å². The van der Waals surface area contributed by atoms with Crippen molar-refractivity contribution in [2.45, 2.75) is 20.3 Å². The van der Waals surface area contributed by atoms with Gasteiger partial charge in [0.05, 0.1) is 0 Å². The summed E-state index contributed by atoms with van der Waals surface area (Å²) in [4.78, 5) is 0. The van der Waals surface area contributed by atoms with E-state index in [2.05, 4.69) is 32.6 Å². The van der Waals surface area contributed by atoms with E-state index in [9.17, 15) is 0 Å². The van der Waals surface area contributed by atoms with Crippen LogP contribution in [0.5, 0.6) is 0 Å². The van der Waals surface area contributed by atoms with Gasteiger partial charge in [-0.05, 0) is 30.4 Å². The lowest BCUT2D eigenvalue weighted by atomic mass is 9.75. The van der Waals surface area contributed by atoms with Crippen LogP contribution in [-0.4, -0.2) is 0 Å². The zero-order valence-electron chi connectivity index (χ0n) is 6.72. The second-order valence-electron chi connectivity index (χ2n) is 2.78. The Morgan fingerprint density at radius 3 is 2.70 bits per heavy atom. The van der Waals surface area contributed by atoms with Gasteiger partial charge in [-0.15, -0.1) is 0 Å². The molecule has 0 heteroatoms. The van der Waals surface area contributed by atoms with E-state index in [1.54, 1.807) is 0 Å². The summed E-state index contributed by atoms with van der Waals surface area (Å²) in [7, 11) is 0. The van der Waals surface area contributed by atoms with Crippen LogP contribution in [0.1, 0.15) is 20.3 Å². The average Bonchev–Trinajstić information content (AvgIpc) is 1.95. The fourth-order valence-corrected chi connectivity index (χ4v) is 1.43. The quantitative estimate of drug-likeness (QED) is 0.517. The van der Waals surface area contributed by atoms with Gasteiger partial charge in [-0.3, -0.25) is 0 Å². The maximum Gasteiger partial charge on any atom is -0.0147 e. The average molecular weight is 134 g/mol. The molecule has 10 heavy (non-hydrogen) atoms. The molecule has 0 spiro atoms. The fraction of sp³-hybridized carbons (Fsp3) is 0.400. The largest absolute Gasteiger partial charge is 0.0991 e. The number of hydrogen-bond donors (Lipinski definition) is 0. The molecule has 1 aliphatic carbocycles. The Labute approximate surface area is 62.9 Å². The monoisotopic (exact) mass is 134 g/mol. The normalized spacial score (nSPS) is 32.4. The predicted molar refractivity (Wildman–Crippen MR) is 45.8 cm³/mol. The molecule has 0 radical (unpaired) electrons. The Hall–Kier alpha value is -0.780. The molecule has 0 N–H and O–H groups in total. The van der Waals surface area contributed by atoms with Gasteiger partial charge in [0.15, 0.2) is 0 Å². The van der Waals surface area contributed by atoms with Crippen molar-refractivity contribution in [2.24, 2.45) is 5.92 Å². The topological polar surface area (TPSA) is 0 Å². The van der Waals surface area contributed by atoms with Crippen LogP contribution in [0.15, 0.2) is 36.0 Å². The first-order valence-corrected chi connectivity index (χ1v) is 3.77. The first-order chi connectivity index (χ1) is 4.79. The first kappa shape index (κ1) is 7.33. The molecule has 0 saturated heterocycles. The van der Waals surface area contributed by atoms with E-state index >= 15 is 0 Å². The molecule has 1 atom stereocenters. The van der Waals surface area contributed by atoms with Crippen LogP contribution in [0.25, 0.3) is 0 Å². The van der Waals surface area contributed by atoms with Crippen molar-refractivity contribution in [3.63, 3.8) is 0 Å². The standard InChI is InChI=1S/C10H14/c1-4-6-10-8(3)7-9(10)5-2/h4-6,8H,1,7H2,2-3H3/b9-5-,10-6-. The van der Waals surface area contributed by atoms with E-state index in [1.807, 2.05) is 6.08 Å². The van der Waals surface area contributed by atoms with E-state index < -0.39 is 0 Å². The molecule has 0 nitrogen and oxygen atoms in total. The van der Waals surface area contributed by atoms with Crippen molar-refractivity contribution in [1.82, 2.24) is 0 Å². The molecule has 0 heterocycles. The minimum absolute atomic E-state index is 0.754. The second-order valence-corrected chi connectivity index (χ2v) is 2.78. The third kappa shape index (κ3) is 1.06. The lowest BCUT2D eigenvalue weighted by molar-refractivity contribution is 0.590. The molecule has 1 rings (SSSR count). The summed E-state index contributed by atoms with van der Waals surface area (Å²) in [5, 5.41) is 0. The zero-order chi connectivity index (χ0) is 7.56. The minimum Gasteiger partial charge on any atom is -0.0991 e. The summed E-state index contributed by atoms with van der Waals surface area (Å²) in [6, 6.07) is 0. The minimum atomic E-state index is 0.754. The highest BCUT2D eigenvalue weighted by Crippen LogP contribution is 2.38. The highest BCUT2D eigenvalue weighted by atomic mass is 14.3. The Balaban J connectivity index is 2.74. The Morgan fingerprint density at radius 2 is 2.30 bits per heavy atom. The number of rotatable bonds is 1. The lowest BCUT2D eigenvalue weighted by Crippen LogP contribution is -2.15. The Bertz CT molecular complexity index is 194. The van der Waals surface area contributed by atoms with Gasteiger partial charge in [0.25, 0.3) is 0 Å². The van der Waals surface area contributed by atoms with Crippen LogP contribution >= 0.6 is 0 Å². The SMILES string of the molecule is C=C/C=C1\C(=C/C)CC1C. The molecule has 1 aliphatic rings. The van der Waals surface area contributed by atoms with E-state index in [-0.39, 0.29) is 0 Å². The van der Waals surface area contributed by atoms with Crippen LogP contribution in [0.4, 0.5) is 0 Å². The molecular formula is C10H14. The number of hydrogen-bond acceptors (Lipinski definition) is 0. The van der Waals surface area contributed by atoms with Gasteiger partial charge in [0.1, 0.15) is 0 Å². The van der Waals surface area contributed by atoms with Crippen molar-refractivity contribution >= 4 is 0 Å². The molecule has 0 aliphatic heterocycles. The molecule has 54 valence electrons. The summed E-state index contributed by atoms with van der Waals surface area (Å²) in [5.74, 6) is 0.754. The third-order valence-corrected chi connectivity index (χ3v) is 2.07. The second kappa shape index (κ2) is 2.87. The van der Waals surface area contributed by atoms with Gasteiger partial charge in [0.2, 0.25) is 0 Å². The van der Waals surface area contributed by atoms with Crippen LogP contribution in [0, 0.1) is 5.92 Å². The van der Waals surface area contributed by atoms with E-state index in [4.69, 9.17) is 0 Å². The van der Waals surface area contributed by atoms with E-state index in [0.717, 1.165) is 5.92 Å². The zero-order valence-corrected chi connectivity index (χ0v) is 6.72. The van der Waals surface area contributed by atoms with Crippen molar-refractivity contribution in [1.29, 1.82) is 0 Å². The lowest BCUT2D eigenvalue weighted by Gasteiger charge is -2.29. The summed E-state index contributed by atoms with van der Waals surface area (Å²) >= 11 is 0. The molecule has 0 aromatic carbocycles. The molecule has 1 fully saturated rings. The van der Waals surface area contributed by atoms with E-state index in [1.165, 1.54) is 17.6 Å². The van der Waals surface area contributed by atoms with Gasteiger partial charge < -0.3 is 0 Å². The van der Waals surface area contributed by atoms with Gasteiger partial charge in [-0.25, -0.2) is 0 Å². The van der Waals surface area contributed by atoms with Gasteiger partial charge >= 0.3 is 0 Å². The van der Waals surface area contributed by atoms with Crippen molar-refractivity contribution in [2.75, 3.05) is 0 Å². The maximum absolute atomic E-state index is 3.68. The third-order valence-electron chi connectivity index (χ3n) is 2.07. The van der Waals surface area contributed by atoms with Crippen LogP contribution < -0.4 is 0 Å². The first-order valence-electron chi connectivity index (χ1n) is 3.77.